The summed E-state index contributed by atoms with van der Waals surface area (Å²) in [5.41, 5.74) is -2.62. The molecule has 0 aromatic heterocycles. The molecule has 0 aliphatic rings. The van der Waals surface area contributed by atoms with Crippen LogP contribution in [0.3, 0.4) is 0 Å². The van der Waals surface area contributed by atoms with Gasteiger partial charge >= 0.3 is 17.9 Å². The second kappa shape index (κ2) is 18.3. The maximum Gasteiger partial charge on any atom is 0.336 e. The van der Waals surface area contributed by atoms with Crippen molar-refractivity contribution in [3.8, 4) is 0 Å². The third-order valence-electron chi connectivity index (χ3n) is 4.97. The topological polar surface area (TPSA) is 142 Å². The zero-order chi connectivity index (χ0) is 25.1. The highest BCUT2D eigenvalue weighted by molar-refractivity contribution is 5.88. The predicted octanol–water partition coefficient (Wildman–Crippen LogP) is 2.57. The van der Waals surface area contributed by atoms with Gasteiger partial charge in [-0.3, -0.25) is 14.4 Å². The molecule has 0 bridgehead atoms. The van der Waals surface area contributed by atoms with Crippen LogP contribution in [-0.4, -0.2) is 71.9 Å². The number of carboxylic acids is 1. The molecule has 0 radical (unpaired) electrons. The van der Waals surface area contributed by atoms with E-state index in [1.807, 2.05) is 0 Å². The molecule has 192 valence electrons. The molecule has 1 unspecified atom stereocenters. The largest absolute Gasteiger partial charge is 0.479 e. The molecule has 0 spiro atoms. The number of hydrogen-bond acceptors (Lipinski definition) is 8. The van der Waals surface area contributed by atoms with Crippen molar-refractivity contribution in [2.24, 2.45) is 0 Å². The lowest BCUT2D eigenvalue weighted by Gasteiger charge is -2.22. The second-order valence-corrected chi connectivity index (χ2v) is 8.47. The van der Waals surface area contributed by atoms with Crippen molar-refractivity contribution in [3.63, 3.8) is 0 Å². The summed E-state index contributed by atoms with van der Waals surface area (Å²) >= 11 is 0. The van der Waals surface area contributed by atoms with E-state index in [2.05, 4.69) is 17.1 Å². The van der Waals surface area contributed by atoms with Crippen LogP contribution in [0.4, 0.5) is 0 Å². The van der Waals surface area contributed by atoms with Crippen molar-refractivity contribution in [2.75, 3.05) is 27.2 Å². The first-order valence-corrected chi connectivity index (χ1v) is 11.9. The van der Waals surface area contributed by atoms with E-state index in [-0.39, 0.29) is 12.5 Å². The highest BCUT2D eigenvalue weighted by atomic mass is 16.7. The summed E-state index contributed by atoms with van der Waals surface area (Å²) in [5, 5.41) is 23.1. The van der Waals surface area contributed by atoms with E-state index >= 15 is 0 Å². The van der Waals surface area contributed by atoms with Gasteiger partial charge in [-0.05, 0) is 12.8 Å². The number of ether oxygens (including phenoxy) is 1. The molecule has 0 aliphatic heterocycles. The molecule has 1 atom stereocenters. The van der Waals surface area contributed by atoms with Crippen molar-refractivity contribution in [2.45, 2.75) is 96.0 Å². The lowest BCUT2D eigenvalue weighted by atomic mass is 9.96. The normalized spacial score (nSPS) is 12.8. The molecular weight excluding hydrogens is 432 g/mol. The SMILES string of the molecule is CCCCCCCCCCCC(=O)NCCCOC(=O)CC(O)(CC(=O)ON(C)C)C(=O)O. The summed E-state index contributed by atoms with van der Waals surface area (Å²) in [4.78, 5) is 51.3. The van der Waals surface area contributed by atoms with Crippen LogP contribution in [0.2, 0.25) is 0 Å². The Kier molecular flexibility index (Phi) is 17.0. The van der Waals surface area contributed by atoms with E-state index in [0.29, 0.717) is 19.4 Å². The third-order valence-corrected chi connectivity index (χ3v) is 4.97. The predicted molar refractivity (Wildman–Crippen MR) is 122 cm³/mol. The minimum Gasteiger partial charge on any atom is -0.479 e. The average Bonchev–Trinajstić information content (AvgIpc) is 2.71. The van der Waals surface area contributed by atoms with Crippen LogP contribution < -0.4 is 5.32 Å². The summed E-state index contributed by atoms with van der Waals surface area (Å²) in [6.45, 7) is 2.48. The van der Waals surface area contributed by atoms with Crippen LogP contribution in [0, 0.1) is 0 Å². The minimum atomic E-state index is -2.62. The number of carboxylic acid groups (broad SMARTS) is 1. The van der Waals surface area contributed by atoms with Gasteiger partial charge in [-0.2, -0.15) is 0 Å². The molecule has 0 aromatic carbocycles. The van der Waals surface area contributed by atoms with Crippen molar-refractivity contribution < 1.29 is 39.0 Å². The zero-order valence-electron chi connectivity index (χ0n) is 20.4. The molecule has 0 saturated heterocycles. The van der Waals surface area contributed by atoms with Gasteiger partial charge in [0.1, 0.15) is 0 Å². The Morgan fingerprint density at radius 2 is 1.39 bits per heavy atom. The maximum atomic E-state index is 11.9. The number of hydrogen-bond donors (Lipinski definition) is 3. The van der Waals surface area contributed by atoms with Gasteiger partial charge in [0.2, 0.25) is 5.91 Å². The first-order valence-electron chi connectivity index (χ1n) is 11.9. The van der Waals surface area contributed by atoms with Crippen molar-refractivity contribution in [1.29, 1.82) is 0 Å². The third kappa shape index (κ3) is 17.0. The first-order chi connectivity index (χ1) is 15.6. The molecule has 33 heavy (non-hydrogen) atoms. The fourth-order valence-corrected chi connectivity index (χ4v) is 3.15. The molecule has 0 aromatic rings. The van der Waals surface area contributed by atoms with E-state index in [1.54, 1.807) is 0 Å². The van der Waals surface area contributed by atoms with Crippen LogP contribution in [-0.2, 0) is 28.8 Å². The number of aliphatic carboxylic acids is 1. The number of carbonyl (C=O) groups is 4. The molecule has 0 heterocycles. The first kappa shape index (κ1) is 30.8. The van der Waals surface area contributed by atoms with Gasteiger partial charge < -0.3 is 25.1 Å². The van der Waals surface area contributed by atoms with Gasteiger partial charge in [-0.25, -0.2) is 4.79 Å². The quantitative estimate of drug-likeness (QED) is 0.138. The van der Waals surface area contributed by atoms with Gasteiger partial charge in [-0.1, -0.05) is 58.3 Å². The summed E-state index contributed by atoms with van der Waals surface area (Å²) in [6, 6.07) is 0. The Morgan fingerprint density at radius 3 is 1.94 bits per heavy atom. The van der Waals surface area contributed by atoms with E-state index in [4.69, 9.17) is 4.74 Å². The Hall–Kier alpha value is -2.20. The van der Waals surface area contributed by atoms with Gasteiger partial charge in [0, 0.05) is 27.1 Å². The molecule has 0 saturated carbocycles. The van der Waals surface area contributed by atoms with Crippen LogP contribution >= 0.6 is 0 Å². The van der Waals surface area contributed by atoms with Crippen molar-refractivity contribution in [3.05, 3.63) is 0 Å². The van der Waals surface area contributed by atoms with Gasteiger partial charge in [0.15, 0.2) is 5.60 Å². The molecule has 0 rings (SSSR count). The van der Waals surface area contributed by atoms with Crippen LogP contribution in [0.25, 0.3) is 0 Å². The fraction of sp³-hybridized carbons (Fsp3) is 0.826. The fourth-order valence-electron chi connectivity index (χ4n) is 3.15. The number of amides is 1. The molecule has 1 amide bonds. The van der Waals surface area contributed by atoms with Crippen LogP contribution in [0.1, 0.15) is 90.4 Å². The number of carbonyl (C=O) groups excluding carboxylic acids is 3. The molecule has 10 heteroatoms. The van der Waals surface area contributed by atoms with Gasteiger partial charge in [0.25, 0.3) is 0 Å². The van der Waals surface area contributed by atoms with Gasteiger partial charge in [-0.15, -0.1) is 5.06 Å². The Bertz CT molecular complexity index is 597. The summed E-state index contributed by atoms with van der Waals surface area (Å²) in [7, 11) is 2.84. The lowest BCUT2D eigenvalue weighted by molar-refractivity contribution is -0.189. The average molecular weight is 475 g/mol. The standard InChI is InChI=1S/C23H42N2O8/c1-4-5-6-7-8-9-10-11-12-14-19(26)24-15-13-16-32-20(27)17-23(31,22(29)30)18-21(28)33-25(2)3/h31H,4-18H2,1-3H3,(H,24,26)(H,29,30). The molecule has 10 nitrogen and oxygen atoms in total. The molecule has 0 fully saturated rings. The smallest absolute Gasteiger partial charge is 0.336 e. The number of hydroxylamine groups is 2. The number of rotatable bonds is 20. The van der Waals surface area contributed by atoms with E-state index in [9.17, 15) is 29.4 Å². The van der Waals surface area contributed by atoms with Crippen molar-refractivity contribution >= 4 is 23.8 Å². The minimum absolute atomic E-state index is 0.0466. The Morgan fingerprint density at radius 1 is 0.848 bits per heavy atom. The molecule has 0 aliphatic carbocycles. The number of nitrogens with one attached hydrogen (secondary N) is 1. The lowest BCUT2D eigenvalue weighted by Crippen LogP contribution is -2.44. The summed E-state index contributed by atoms with van der Waals surface area (Å²) in [6.07, 6.45) is 9.67. The summed E-state index contributed by atoms with van der Waals surface area (Å²) in [5.74, 6) is -3.73. The zero-order valence-corrected chi connectivity index (χ0v) is 20.4. The molecular formula is C23H42N2O8. The highest BCUT2D eigenvalue weighted by Crippen LogP contribution is 2.18. The van der Waals surface area contributed by atoms with E-state index < -0.39 is 36.4 Å². The monoisotopic (exact) mass is 474 g/mol. The van der Waals surface area contributed by atoms with Crippen LogP contribution in [0.15, 0.2) is 0 Å². The van der Waals surface area contributed by atoms with Crippen molar-refractivity contribution in [1.82, 2.24) is 10.4 Å². The van der Waals surface area contributed by atoms with Crippen LogP contribution in [0.5, 0.6) is 0 Å². The summed E-state index contributed by atoms with van der Waals surface area (Å²) < 4.78 is 4.92. The number of unbranched alkanes of at least 4 members (excludes halogenated alkanes) is 8. The Labute approximate surface area is 196 Å². The van der Waals surface area contributed by atoms with E-state index in [1.165, 1.54) is 52.6 Å². The number of aliphatic hydroxyl groups is 1. The maximum absolute atomic E-state index is 11.9. The second-order valence-electron chi connectivity index (χ2n) is 8.47. The number of nitrogens with zero attached hydrogens (tertiary/aromatic N) is 1. The van der Waals surface area contributed by atoms with Gasteiger partial charge in [0.05, 0.1) is 19.4 Å². The number of esters is 1. The Balaban J connectivity index is 3.91. The van der Waals surface area contributed by atoms with E-state index in [0.717, 1.165) is 24.3 Å². The highest BCUT2D eigenvalue weighted by Gasteiger charge is 2.42. The molecule has 3 N–H and O–H groups in total.